The van der Waals surface area contributed by atoms with Crippen molar-refractivity contribution < 1.29 is 29.3 Å². The molecule has 0 aliphatic carbocycles. The van der Waals surface area contributed by atoms with Gasteiger partial charge in [-0.2, -0.15) is 0 Å². The molecule has 0 saturated carbocycles. The molecule has 0 aliphatic heterocycles. The van der Waals surface area contributed by atoms with E-state index in [0.29, 0.717) is 6.42 Å². The van der Waals surface area contributed by atoms with Crippen LogP contribution in [0.2, 0.25) is 0 Å². The largest absolute Gasteiger partial charge is 0.481 e. The van der Waals surface area contributed by atoms with Gasteiger partial charge in [-0.15, -0.1) is 0 Å². The maximum atomic E-state index is 11.7. The fourth-order valence-corrected chi connectivity index (χ4v) is 1.60. The Kier molecular flexibility index (Phi) is 7.00. The summed E-state index contributed by atoms with van der Waals surface area (Å²) in [4.78, 5) is 33.1. The smallest absolute Gasteiger partial charge is 0.309 e. The van der Waals surface area contributed by atoms with E-state index < -0.39 is 36.2 Å². The topological polar surface area (TPSA) is 101 Å². The van der Waals surface area contributed by atoms with E-state index in [9.17, 15) is 14.4 Å². The molecule has 0 fully saturated rings. The molecule has 0 amide bonds. The molecule has 6 nitrogen and oxygen atoms in total. The first-order valence-corrected chi connectivity index (χ1v) is 5.94. The summed E-state index contributed by atoms with van der Waals surface area (Å²) in [5.41, 5.74) is 0. The Hall–Kier alpha value is -1.59. The summed E-state index contributed by atoms with van der Waals surface area (Å²) in [6.45, 7) is 5.04. The molecule has 3 atom stereocenters. The number of rotatable bonds is 8. The highest BCUT2D eigenvalue weighted by atomic mass is 16.5. The third-order valence-electron chi connectivity index (χ3n) is 2.70. The van der Waals surface area contributed by atoms with Crippen LogP contribution in [0.3, 0.4) is 0 Å². The minimum Gasteiger partial charge on any atom is -0.481 e. The van der Waals surface area contributed by atoms with Crippen molar-refractivity contribution in [3.63, 3.8) is 0 Å². The number of hydrogen-bond acceptors (Lipinski definition) is 4. The molecule has 6 heteroatoms. The predicted octanol–water partition coefficient (Wildman–Crippen LogP) is 1.53. The number of carboxylic acid groups (broad SMARTS) is 2. The molecule has 0 aliphatic rings. The van der Waals surface area contributed by atoms with E-state index in [1.165, 1.54) is 6.92 Å². The Morgan fingerprint density at radius 2 is 1.72 bits per heavy atom. The molecular formula is C12H20O6. The quantitative estimate of drug-likeness (QED) is 0.642. The maximum Gasteiger partial charge on any atom is 0.309 e. The van der Waals surface area contributed by atoms with Crippen molar-refractivity contribution in [3.05, 3.63) is 0 Å². The zero-order valence-electron chi connectivity index (χ0n) is 10.9. The molecular weight excluding hydrogens is 240 g/mol. The van der Waals surface area contributed by atoms with Gasteiger partial charge in [0.25, 0.3) is 0 Å². The zero-order valence-corrected chi connectivity index (χ0v) is 10.9. The van der Waals surface area contributed by atoms with Gasteiger partial charge in [0.15, 0.2) is 0 Å². The monoisotopic (exact) mass is 260 g/mol. The maximum absolute atomic E-state index is 11.7. The Morgan fingerprint density at radius 3 is 2.11 bits per heavy atom. The third kappa shape index (κ3) is 5.65. The van der Waals surface area contributed by atoms with Gasteiger partial charge in [-0.25, -0.2) is 0 Å². The normalized spacial score (nSPS) is 15.5. The second-order valence-electron chi connectivity index (χ2n) is 4.37. The minimum absolute atomic E-state index is 0.288. The second kappa shape index (κ2) is 7.68. The van der Waals surface area contributed by atoms with Crippen LogP contribution in [-0.2, 0) is 19.1 Å². The molecule has 0 aromatic rings. The number of esters is 1. The Labute approximate surface area is 106 Å². The molecule has 18 heavy (non-hydrogen) atoms. The van der Waals surface area contributed by atoms with E-state index in [4.69, 9.17) is 14.9 Å². The first kappa shape index (κ1) is 16.4. The van der Waals surface area contributed by atoms with Gasteiger partial charge in [-0.1, -0.05) is 20.3 Å². The highest BCUT2D eigenvalue weighted by Crippen LogP contribution is 2.19. The number of carbonyl (C=O) groups excluding carboxylic acids is 1. The molecule has 0 saturated heterocycles. The van der Waals surface area contributed by atoms with Crippen molar-refractivity contribution in [2.75, 3.05) is 0 Å². The van der Waals surface area contributed by atoms with Crippen LogP contribution >= 0.6 is 0 Å². The van der Waals surface area contributed by atoms with Crippen LogP contribution in [-0.4, -0.2) is 34.2 Å². The minimum atomic E-state index is -1.30. The molecule has 0 heterocycles. The molecule has 104 valence electrons. The van der Waals surface area contributed by atoms with Crippen molar-refractivity contribution in [2.45, 2.75) is 46.1 Å². The predicted molar refractivity (Wildman–Crippen MR) is 63.0 cm³/mol. The molecule has 0 aromatic heterocycles. The van der Waals surface area contributed by atoms with Crippen LogP contribution in [0.15, 0.2) is 0 Å². The van der Waals surface area contributed by atoms with Crippen LogP contribution in [0.4, 0.5) is 0 Å². The van der Waals surface area contributed by atoms with E-state index in [0.717, 1.165) is 6.42 Å². The van der Waals surface area contributed by atoms with Crippen LogP contribution in [0, 0.1) is 11.8 Å². The molecule has 0 bridgehead atoms. The zero-order chi connectivity index (χ0) is 14.3. The van der Waals surface area contributed by atoms with E-state index in [-0.39, 0.29) is 6.10 Å². The number of carbonyl (C=O) groups is 3. The van der Waals surface area contributed by atoms with Crippen molar-refractivity contribution in [1.29, 1.82) is 0 Å². The Bertz CT molecular complexity index is 312. The number of aliphatic carboxylic acids is 2. The lowest BCUT2D eigenvalue weighted by Crippen LogP contribution is -2.32. The number of carboxylic acids is 2. The summed E-state index contributed by atoms with van der Waals surface area (Å²) in [6.07, 6.45) is 0.660. The van der Waals surface area contributed by atoms with Crippen molar-refractivity contribution in [3.8, 4) is 0 Å². The molecule has 0 rings (SSSR count). The van der Waals surface area contributed by atoms with Gasteiger partial charge in [0.1, 0.15) is 0 Å². The lowest BCUT2D eigenvalue weighted by molar-refractivity contribution is -0.162. The standard InChI is InChI=1S/C12H20O6/c1-4-5-7(2)18-12(17)8(3)9(11(15)16)6-10(13)14/h7-9H,4-6H2,1-3H3,(H,13,14)(H,15,16). The SMILES string of the molecule is CCCC(C)OC(=O)C(C)C(CC(=O)O)C(=O)O. The molecule has 2 N–H and O–H groups in total. The fourth-order valence-electron chi connectivity index (χ4n) is 1.60. The Morgan fingerprint density at radius 1 is 1.17 bits per heavy atom. The van der Waals surface area contributed by atoms with E-state index >= 15 is 0 Å². The van der Waals surface area contributed by atoms with E-state index in [1.54, 1.807) is 6.92 Å². The molecule has 0 aromatic carbocycles. The van der Waals surface area contributed by atoms with Crippen molar-refractivity contribution in [2.24, 2.45) is 11.8 Å². The average Bonchev–Trinajstić information content (AvgIpc) is 2.24. The lowest BCUT2D eigenvalue weighted by Gasteiger charge is -2.20. The summed E-state index contributed by atoms with van der Waals surface area (Å²) < 4.78 is 5.07. The van der Waals surface area contributed by atoms with Crippen molar-refractivity contribution in [1.82, 2.24) is 0 Å². The van der Waals surface area contributed by atoms with E-state index in [2.05, 4.69) is 0 Å². The van der Waals surface area contributed by atoms with Crippen LogP contribution in [0.5, 0.6) is 0 Å². The van der Waals surface area contributed by atoms with Crippen LogP contribution in [0.25, 0.3) is 0 Å². The van der Waals surface area contributed by atoms with Gasteiger partial charge in [0, 0.05) is 0 Å². The fraction of sp³-hybridized carbons (Fsp3) is 0.750. The van der Waals surface area contributed by atoms with E-state index in [1.807, 2.05) is 6.92 Å². The van der Waals surface area contributed by atoms with Gasteiger partial charge in [0.2, 0.25) is 0 Å². The highest BCUT2D eigenvalue weighted by Gasteiger charge is 2.33. The summed E-state index contributed by atoms with van der Waals surface area (Å²) in [6, 6.07) is 0. The number of hydrogen-bond donors (Lipinski definition) is 2. The van der Waals surface area contributed by atoms with Gasteiger partial charge >= 0.3 is 17.9 Å². The molecule has 0 spiro atoms. The second-order valence-corrected chi connectivity index (χ2v) is 4.37. The Balaban J connectivity index is 4.56. The summed E-state index contributed by atoms with van der Waals surface area (Å²) in [5, 5.41) is 17.5. The third-order valence-corrected chi connectivity index (χ3v) is 2.70. The lowest BCUT2D eigenvalue weighted by atomic mass is 9.91. The average molecular weight is 260 g/mol. The van der Waals surface area contributed by atoms with Gasteiger partial charge in [-0.3, -0.25) is 14.4 Å². The molecule has 3 unspecified atom stereocenters. The number of ether oxygens (including phenoxy) is 1. The van der Waals surface area contributed by atoms with Crippen LogP contribution in [0.1, 0.15) is 40.0 Å². The van der Waals surface area contributed by atoms with Gasteiger partial charge < -0.3 is 14.9 Å². The van der Waals surface area contributed by atoms with Crippen molar-refractivity contribution >= 4 is 17.9 Å². The van der Waals surface area contributed by atoms with Gasteiger partial charge in [0.05, 0.1) is 24.4 Å². The molecule has 0 radical (unpaired) electrons. The summed E-state index contributed by atoms with van der Waals surface area (Å²) in [7, 11) is 0. The van der Waals surface area contributed by atoms with Crippen LogP contribution < -0.4 is 0 Å². The first-order chi connectivity index (χ1) is 8.29. The summed E-state index contributed by atoms with van der Waals surface area (Å²) in [5.74, 6) is -5.44. The first-order valence-electron chi connectivity index (χ1n) is 5.94. The summed E-state index contributed by atoms with van der Waals surface area (Å²) >= 11 is 0. The van der Waals surface area contributed by atoms with Gasteiger partial charge in [-0.05, 0) is 13.3 Å². The highest BCUT2D eigenvalue weighted by molar-refractivity contribution is 5.84.